The Morgan fingerprint density at radius 2 is 2.00 bits per heavy atom. The molecule has 1 aliphatic carbocycles. The molecular weight excluding hydrogens is 240 g/mol. The lowest BCUT2D eigenvalue weighted by molar-refractivity contribution is 0.0267. The maximum atomic E-state index is 5.91. The van der Waals surface area contributed by atoms with Gasteiger partial charge in [-0.05, 0) is 45.2 Å². The van der Waals surface area contributed by atoms with E-state index in [-0.39, 0.29) is 0 Å². The first-order chi connectivity index (χ1) is 9.36. The van der Waals surface area contributed by atoms with Gasteiger partial charge in [0.25, 0.3) is 0 Å². The summed E-state index contributed by atoms with van der Waals surface area (Å²) in [4.78, 5) is 0. The second-order valence-corrected chi connectivity index (χ2v) is 5.52. The molecule has 3 N–H and O–H groups in total. The topological polar surface area (TPSA) is 56.5 Å². The highest BCUT2D eigenvalue weighted by molar-refractivity contribution is 4.67. The Labute approximate surface area is 118 Å². The van der Waals surface area contributed by atoms with Crippen LogP contribution in [0.1, 0.15) is 51.4 Å². The number of hydrogen-bond donors (Lipinski definition) is 2. The number of nitrogens with one attached hydrogen (secondary N) is 1. The van der Waals surface area contributed by atoms with Crippen LogP contribution in [0.5, 0.6) is 0 Å². The molecule has 1 aliphatic rings. The summed E-state index contributed by atoms with van der Waals surface area (Å²) < 4.78 is 11.1. The van der Waals surface area contributed by atoms with Crippen LogP contribution in [0.25, 0.3) is 0 Å². The molecule has 114 valence electrons. The first-order valence-corrected chi connectivity index (χ1v) is 7.90. The zero-order valence-electron chi connectivity index (χ0n) is 12.5. The van der Waals surface area contributed by atoms with Crippen molar-refractivity contribution in [3.63, 3.8) is 0 Å². The molecule has 0 bridgehead atoms. The van der Waals surface area contributed by atoms with Crippen LogP contribution in [0.4, 0.5) is 0 Å². The SMILES string of the molecule is COCC(CCCN)NCCCOC1CCCCC1. The Morgan fingerprint density at radius 3 is 2.68 bits per heavy atom. The summed E-state index contributed by atoms with van der Waals surface area (Å²) in [6.45, 7) is 3.41. The largest absolute Gasteiger partial charge is 0.383 e. The molecule has 4 heteroatoms. The minimum Gasteiger partial charge on any atom is -0.383 e. The van der Waals surface area contributed by atoms with Gasteiger partial charge in [0.2, 0.25) is 0 Å². The lowest BCUT2D eigenvalue weighted by atomic mass is 9.98. The molecule has 0 aromatic rings. The first-order valence-electron chi connectivity index (χ1n) is 7.90. The molecule has 0 aliphatic heterocycles. The van der Waals surface area contributed by atoms with Crippen molar-refractivity contribution in [1.82, 2.24) is 5.32 Å². The van der Waals surface area contributed by atoms with Gasteiger partial charge in [-0.15, -0.1) is 0 Å². The van der Waals surface area contributed by atoms with Crippen molar-refractivity contribution in [1.29, 1.82) is 0 Å². The van der Waals surface area contributed by atoms with E-state index in [0.29, 0.717) is 12.1 Å². The third kappa shape index (κ3) is 8.58. The Balaban J connectivity index is 1.97. The monoisotopic (exact) mass is 272 g/mol. The molecule has 4 nitrogen and oxygen atoms in total. The molecule has 0 radical (unpaired) electrons. The summed E-state index contributed by atoms with van der Waals surface area (Å²) in [5.41, 5.74) is 5.54. The Bertz CT molecular complexity index is 197. The van der Waals surface area contributed by atoms with Crippen LogP contribution >= 0.6 is 0 Å². The van der Waals surface area contributed by atoms with Crippen LogP contribution in [0, 0.1) is 0 Å². The number of rotatable bonds is 11. The fraction of sp³-hybridized carbons (Fsp3) is 1.00. The second kappa shape index (κ2) is 11.6. The van der Waals surface area contributed by atoms with Gasteiger partial charge in [0.15, 0.2) is 0 Å². The summed E-state index contributed by atoms with van der Waals surface area (Å²) in [6.07, 6.45) is 10.4. The fourth-order valence-electron chi connectivity index (χ4n) is 2.67. The minimum absolute atomic E-state index is 0.434. The normalized spacial score (nSPS) is 18.6. The number of nitrogens with two attached hydrogens (primary N) is 1. The van der Waals surface area contributed by atoms with E-state index < -0.39 is 0 Å². The van der Waals surface area contributed by atoms with E-state index >= 15 is 0 Å². The molecule has 1 rings (SSSR count). The third-order valence-electron chi connectivity index (χ3n) is 3.78. The average molecular weight is 272 g/mol. The molecule has 1 unspecified atom stereocenters. The van der Waals surface area contributed by atoms with Crippen molar-refractivity contribution in [2.45, 2.75) is 63.5 Å². The van der Waals surface area contributed by atoms with Crippen molar-refractivity contribution in [2.75, 3.05) is 33.4 Å². The first kappa shape index (κ1) is 16.9. The zero-order valence-corrected chi connectivity index (χ0v) is 12.5. The number of hydrogen-bond acceptors (Lipinski definition) is 4. The second-order valence-electron chi connectivity index (χ2n) is 5.52. The van der Waals surface area contributed by atoms with Crippen molar-refractivity contribution < 1.29 is 9.47 Å². The van der Waals surface area contributed by atoms with Gasteiger partial charge in [0, 0.05) is 19.8 Å². The van der Waals surface area contributed by atoms with Crippen molar-refractivity contribution in [2.24, 2.45) is 5.73 Å². The molecule has 1 saturated carbocycles. The predicted octanol–water partition coefficient (Wildman–Crippen LogP) is 2.07. The van der Waals surface area contributed by atoms with Crippen LogP contribution in [-0.4, -0.2) is 45.6 Å². The molecule has 0 spiro atoms. The van der Waals surface area contributed by atoms with Crippen LogP contribution < -0.4 is 11.1 Å². The van der Waals surface area contributed by atoms with Gasteiger partial charge >= 0.3 is 0 Å². The van der Waals surface area contributed by atoms with E-state index in [1.54, 1.807) is 7.11 Å². The number of ether oxygens (including phenoxy) is 2. The molecule has 0 amide bonds. The lowest BCUT2D eigenvalue weighted by Gasteiger charge is -2.22. The number of methoxy groups -OCH3 is 1. The molecule has 0 aromatic heterocycles. The van der Waals surface area contributed by atoms with Crippen molar-refractivity contribution >= 4 is 0 Å². The van der Waals surface area contributed by atoms with Gasteiger partial charge in [-0.3, -0.25) is 0 Å². The van der Waals surface area contributed by atoms with Gasteiger partial charge in [0.1, 0.15) is 0 Å². The van der Waals surface area contributed by atoms with Crippen LogP contribution in [0.2, 0.25) is 0 Å². The minimum atomic E-state index is 0.434. The van der Waals surface area contributed by atoms with Gasteiger partial charge in [-0.2, -0.15) is 0 Å². The van der Waals surface area contributed by atoms with E-state index in [2.05, 4.69) is 5.32 Å². The molecular formula is C15H32N2O2. The summed E-state index contributed by atoms with van der Waals surface area (Å²) >= 11 is 0. The molecule has 0 aromatic carbocycles. The highest BCUT2D eigenvalue weighted by atomic mass is 16.5. The van der Waals surface area contributed by atoms with Gasteiger partial charge in [0.05, 0.1) is 12.7 Å². The van der Waals surface area contributed by atoms with Crippen molar-refractivity contribution in [3.8, 4) is 0 Å². The third-order valence-corrected chi connectivity index (χ3v) is 3.78. The van der Waals surface area contributed by atoms with Crippen LogP contribution in [0.15, 0.2) is 0 Å². The summed E-state index contributed by atoms with van der Waals surface area (Å²) in [7, 11) is 1.75. The lowest BCUT2D eigenvalue weighted by Crippen LogP contribution is -2.35. The summed E-state index contributed by atoms with van der Waals surface area (Å²) in [5, 5.41) is 3.53. The van der Waals surface area contributed by atoms with E-state index in [1.807, 2.05) is 0 Å². The zero-order chi connectivity index (χ0) is 13.8. The van der Waals surface area contributed by atoms with E-state index in [0.717, 1.165) is 45.6 Å². The smallest absolute Gasteiger partial charge is 0.0615 e. The van der Waals surface area contributed by atoms with E-state index in [1.165, 1.54) is 32.1 Å². The Hall–Kier alpha value is -0.160. The molecule has 1 fully saturated rings. The maximum Gasteiger partial charge on any atom is 0.0615 e. The van der Waals surface area contributed by atoms with E-state index in [9.17, 15) is 0 Å². The highest BCUT2D eigenvalue weighted by Gasteiger charge is 2.13. The molecule has 1 atom stereocenters. The summed E-state index contributed by atoms with van der Waals surface area (Å²) in [6, 6.07) is 0.434. The van der Waals surface area contributed by atoms with Crippen molar-refractivity contribution in [3.05, 3.63) is 0 Å². The molecule has 19 heavy (non-hydrogen) atoms. The van der Waals surface area contributed by atoms with Crippen LogP contribution in [-0.2, 0) is 9.47 Å². The van der Waals surface area contributed by atoms with Crippen LogP contribution in [0.3, 0.4) is 0 Å². The highest BCUT2D eigenvalue weighted by Crippen LogP contribution is 2.20. The summed E-state index contributed by atoms with van der Waals surface area (Å²) in [5.74, 6) is 0. The predicted molar refractivity (Wildman–Crippen MR) is 79.4 cm³/mol. The standard InChI is InChI=1S/C15H32N2O2/c1-18-13-14(7-5-10-16)17-11-6-12-19-15-8-3-2-4-9-15/h14-15,17H,2-13,16H2,1H3. The quantitative estimate of drug-likeness (QED) is 0.565. The molecule has 0 heterocycles. The van der Waals surface area contributed by atoms with Gasteiger partial charge in [-0.25, -0.2) is 0 Å². The molecule has 0 saturated heterocycles. The Morgan fingerprint density at radius 1 is 1.21 bits per heavy atom. The van der Waals surface area contributed by atoms with Gasteiger partial charge < -0.3 is 20.5 Å². The fourth-order valence-corrected chi connectivity index (χ4v) is 2.67. The average Bonchev–Trinajstić information content (AvgIpc) is 2.45. The maximum absolute atomic E-state index is 5.91. The Kier molecular flexibility index (Phi) is 10.4. The van der Waals surface area contributed by atoms with Gasteiger partial charge in [-0.1, -0.05) is 19.3 Å². The van der Waals surface area contributed by atoms with E-state index in [4.69, 9.17) is 15.2 Å².